The zero-order valence-electron chi connectivity index (χ0n) is 27.2. The van der Waals surface area contributed by atoms with Crippen LogP contribution in [0.25, 0.3) is 0 Å². The van der Waals surface area contributed by atoms with Gasteiger partial charge in [0, 0.05) is 29.1 Å². The maximum absolute atomic E-state index is 14.8. The number of anilines is 1. The highest BCUT2D eigenvalue weighted by Gasteiger charge is 2.36. The molecule has 0 aromatic heterocycles. The van der Waals surface area contributed by atoms with E-state index in [1.807, 2.05) is 56.3 Å². The highest BCUT2D eigenvalue weighted by Crippen LogP contribution is 2.30. The smallest absolute Gasteiger partial charge is 0.264 e. The molecule has 0 aliphatic heterocycles. The van der Waals surface area contributed by atoms with Gasteiger partial charge >= 0.3 is 0 Å². The van der Waals surface area contributed by atoms with Crippen molar-refractivity contribution in [3.05, 3.63) is 129 Å². The summed E-state index contributed by atoms with van der Waals surface area (Å²) in [5, 5.41) is 4.00. The van der Waals surface area contributed by atoms with Crippen molar-refractivity contribution >= 4 is 50.7 Å². The van der Waals surface area contributed by atoms with Crippen LogP contribution in [0.15, 0.2) is 102 Å². The molecular formula is C38H41Cl2N3O4S. The number of amides is 2. The molecule has 0 unspecified atom stereocenters. The summed E-state index contributed by atoms with van der Waals surface area (Å²) in [7, 11) is -4.19. The van der Waals surface area contributed by atoms with Gasteiger partial charge in [0.25, 0.3) is 10.0 Å². The molecule has 1 saturated carbocycles. The number of carbonyl (C=O) groups excluding carboxylic acids is 2. The van der Waals surface area contributed by atoms with Crippen molar-refractivity contribution in [2.75, 3.05) is 10.8 Å². The van der Waals surface area contributed by atoms with E-state index in [1.165, 1.54) is 17.0 Å². The van der Waals surface area contributed by atoms with Gasteiger partial charge in [0.05, 0.1) is 10.6 Å². The van der Waals surface area contributed by atoms with Crippen LogP contribution in [0.4, 0.5) is 5.69 Å². The van der Waals surface area contributed by atoms with Crippen molar-refractivity contribution in [3.8, 4) is 0 Å². The number of halogens is 2. The lowest BCUT2D eigenvalue weighted by Crippen LogP contribution is -2.55. The molecule has 7 nitrogen and oxygen atoms in total. The van der Waals surface area contributed by atoms with Crippen molar-refractivity contribution in [1.29, 1.82) is 0 Å². The van der Waals surface area contributed by atoms with Crippen LogP contribution in [0.5, 0.6) is 0 Å². The van der Waals surface area contributed by atoms with Gasteiger partial charge in [0.1, 0.15) is 12.6 Å². The lowest BCUT2D eigenvalue weighted by molar-refractivity contribution is -0.140. The first-order chi connectivity index (χ1) is 23.0. The zero-order chi connectivity index (χ0) is 34.3. The van der Waals surface area contributed by atoms with Gasteiger partial charge < -0.3 is 10.2 Å². The highest BCUT2D eigenvalue weighted by atomic mass is 35.5. The summed E-state index contributed by atoms with van der Waals surface area (Å²) in [4.78, 5) is 30.6. The van der Waals surface area contributed by atoms with Gasteiger partial charge in [-0.05, 0) is 73.7 Å². The second kappa shape index (κ2) is 16.0. The minimum Gasteiger partial charge on any atom is -0.352 e. The lowest BCUT2D eigenvalue weighted by atomic mass is 9.94. The van der Waals surface area contributed by atoms with Gasteiger partial charge in [0.15, 0.2) is 0 Å². The fourth-order valence-corrected chi connectivity index (χ4v) is 8.22. The fraction of sp³-hybridized carbons (Fsp3) is 0.316. The van der Waals surface area contributed by atoms with Crippen LogP contribution >= 0.6 is 23.2 Å². The number of carbonyl (C=O) groups is 2. The minimum absolute atomic E-state index is 0.00533. The first kappa shape index (κ1) is 35.5. The van der Waals surface area contributed by atoms with Gasteiger partial charge in [-0.15, -0.1) is 0 Å². The Morgan fingerprint density at radius 1 is 0.854 bits per heavy atom. The van der Waals surface area contributed by atoms with Crippen molar-refractivity contribution < 1.29 is 18.0 Å². The molecule has 0 saturated heterocycles. The summed E-state index contributed by atoms with van der Waals surface area (Å²) in [6, 6.07) is 27.1. The van der Waals surface area contributed by atoms with Gasteiger partial charge in [-0.25, -0.2) is 8.42 Å². The topological polar surface area (TPSA) is 86.8 Å². The number of rotatable bonds is 12. The van der Waals surface area contributed by atoms with Crippen LogP contribution in [-0.2, 0) is 32.6 Å². The van der Waals surface area contributed by atoms with Crippen molar-refractivity contribution in [2.24, 2.45) is 0 Å². The summed E-state index contributed by atoms with van der Waals surface area (Å²) in [5.74, 6) is -0.826. The molecule has 252 valence electrons. The number of nitrogens with one attached hydrogen (secondary N) is 1. The van der Waals surface area contributed by atoms with Crippen LogP contribution in [0.2, 0.25) is 10.0 Å². The first-order valence-electron chi connectivity index (χ1n) is 16.3. The molecule has 0 spiro atoms. The third kappa shape index (κ3) is 8.78. The molecule has 1 aliphatic rings. The molecule has 1 N–H and O–H groups in total. The summed E-state index contributed by atoms with van der Waals surface area (Å²) >= 11 is 12.9. The molecule has 1 aliphatic carbocycles. The molecule has 4 aromatic rings. The second-order valence-electron chi connectivity index (χ2n) is 12.4. The van der Waals surface area contributed by atoms with Crippen molar-refractivity contribution in [3.63, 3.8) is 0 Å². The molecule has 48 heavy (non-hydrogen) atoms. The second-order valence-corrected chi connectivity index (χ2v) is 15.1. The number of nitrogens with zero attached hydrogens (tertiary/aromatic N) is 2. The maximum Gasteiger partial charge on any atom is 0.264 e. The number of sulfonamides is 1. The Bertz CT molecular complexity index is 1830. The summed E-state index contributed by atoms with van der Waals surface area (Å²) in [6.45, 7) is 3.18. The van der Waals surface area contributed by atoms with E-state index in [9.17, 15) is 18.0 Å². The summed E-state index contributed by atoms with van der Waals surface area (Å²) in [6.07, 6.45) is 5.15. The van der Waals surface area contributed by atoms with Gasteiger partial charge in [-0.2, -0.15) is 0 Å². The number of hydrogen-bond donors (Lipinski definition) is 1. The molecule has 4 aromatic carbocycles. The van der Waals surface area contributed by atoms with E-state index in [0.29, 0.717) is 26.9 Å². The molecule has 5 rings (SSSR count). The van der Waals surface area contributed by atoms with Crippen LogP contribution in [0.1, 0.15) is 54.4 Å². The minimum atomic E-state index is -4.19. The summed E-state index contributed by atoms with van der Waals surface area (Å²) < 4.78 is 29.7. The average molecular weight is 707 g/mol. The Kier molecular flexibility index (Phi) is 11.8. The first-order valence-corrected chi connectivity index (χ1v) is 18.5. The normalized spacial score (nSPS) is 14.2. The van der Waals surface area contributed by atoms with Crippen LogP contribution in [0, 0.1) is 13.8 Å². The Balaban J connectivity index is 1.59. The molecule has 10 heteroatoms. The van der Waals surface area contributed by atoms with E-state index >= 15 is 0 Å². The highest BCUT2D eigenvalue weighted by molar-refractivity contribution is 7.92. The van der Waals surface area contributed by atoms with Crippen molar-refractivity contribution in [1.82, 2.24) is 10.2 Å². The summed E-state index contributed by atoms with van der Waals surface area (Å²) in [5.41, 5.74) is 3.49. The molecule has 2 amide bonds. The van der Waals surface area contributed by atoms with Crippen LogP contribution in [-0.4, -0.2) is 43.8 Å². The molecule has 0 heterocycles. The molecule has 0 radical (unpaired) electrons. The zero-order valence-corrected chi connectivity index (χ0v) is 29.6. The number of aryl methyl sites for hydroxylation is 2. The number of benzene rings is 4. The standard InChI is InChI=1S/C38H41Cl2N3O4S/c1-27-18-21-35(28(2)22-27)43(48(46,47)33-16-10-5-11-17-33)26-37(44)42(25-30-19-20-31(39)24-34(30)40)36(23-29-12-6-3-7-13-29)38(45)41-32-14-8-4-9-15-32/h3,5-7,10-13,16-22,24,32,36H,4,8-9,14-15,23,25-26H2,1-2H3,(H,41,45)/t36-/m0/s1. The van der Waals surface area contributed by atoms with E-state index < -0.39 is 28.5 Å². The lowest BCUT2D eigenvalue weighted by Gasteiger charge is -2.35. The molecular weight excluding hydrogens is 665 g/mol. The average Bonchev–Trinajstić information content (AvgIpc) is 3.07. The van der Waals surface area contributed by atoms with Crippen molar-refractivity contribution in [2.45, 2.75) is 75.9 Å². The Hall–Kier alpha value is -3.85. The Labute approximate surface area is 293 Å². The SMILES string of the molecule is Cc1ccc(N(CC(=O)N(Cc2ccc(Cl)cc2Cl)[C@@H](Cc2ccccc2)C(=O)NC2CCCCC2)S(=O)(=O)c2ccccc2)c(C)c1. The van der Waals surface area contributed by atoms with E-state index in [1.54, 1.807) is 42.5 Å². The monoisotopic (exact) mass is 705 g/mol. The quantitative estimate of drug-likeness (QED) is 0.162. The van der Waals surface area contributed by atoms with E-state index in [0.717, 1.165) is 47.5 Å². The molecule has 1 atom stereocenters. The van der Waals surface area contributed by atoms with Crippen LogP contribution < -0.4 is 9.62 Å². The predicted octanol–water partition coefficient (Wildman–Crippen LogP) is 7.89. The van der Waals surface area contributed by atoms with Gasteiger partial charge in [0.2, 0.25) is 11.8 Å². The Morgan fingerprint density at radius 2 is 1.52 bits per heavy atom. The number of hydrogen-bond acceptors (Lipinski definition) is 4. The molecule has 0 bridgehead atoms. The van der Waals surface area contributed by atoms with Gasteiger partial charge in [-0.1, -0.05) is 115 Å². The third-order valence-corrected chi connectivity index (χ3v) is 11.2. The van der Waals surface area contributed by atoms with Crippen LogP contribution in [0.3, 0.4) is 0 Å². The Morgan fingerprint density at radius 3 is 2.17 bits per heavy atom. The van der Waals surface area contributed by atoms with Gasteiger partial charge in [-0.3, -0.25) is 13.9 Å². The third-order valence-electron chi connectivity index (χ3n) is 8.81. The fourth-order valence-electron chi connectivity index (χ4n) is 6.25. The van der Waals surface area contributed by atoms with E-state index in [-0.39, 0.29) is 29.8 Å². The maximum atomic E-state index is 14.8. The van der Waals surface area contributed by atoms with E-state index in [2.05, 4.69) is 5.32 Å². The largest absolute Gasteiger partial charge is 0.352 e. The predicted molar refractivity (Wildman–Crippen MR) is 193 cm³/mol. The van der Waals surface area contributed by atoms with E-state index in [4.69, 9.17) is 23.2 Å². The molecule has 1 fully saturated rings.